The number of carbonyl (C=O) groups excluding carboxylic acids is 2. The number of carbonyl (C=O) groups is 2. The summed E-state index contributed by atoms with van der Waals surface area (Å²) in [5.74, 6) is -0.720. The van der Waals surface area contributed by atoms with E-state index in [0.29, 0.717) is 34.9 Å². The zero-order chi connectivity index (χ0) is 39.0. The maximum absolute atomic E-state index is 13.9. The molecule has 4 aliphatic rings. The standard InChI is InChI=1S/C21H21ClF2N4O3S.C9H16FNO3.C5H9FO/c1-2-31-21(30)17-15(9-28-8-14(24)16(29)10-28)26-19(20-25-5-6-32-20)27-18(17)12-4-3-11(23)7-13(12)22;1-9(2,3)14-8(13)11-4-6(10)7(12)5-11;6-4-2-1-3-5(4)7/h3-7,14,16,18,29H,2,8-10H2,1H3,(H,26,27);6-7,12H,4-5H2,1-3H3;4-5,7H,1-3H2/t14-,16-,18+;6-,7-;4-,5-/m111/s1. The summed E-state index contributed by atoms with van der Waals surface area (Å²) >= 11 is 7.68. The zero-order valence-corrected chi connectivity index (χ0v) is 31.4. The molecule has 12 nitrogen and oxygen atoms in total. The van der Waals surface area contributed by atoms with Gasteiger partial charge in [-0.3, -0.25) is 9.89 Å². The van der Waals surface area contributed by atoms with E-state index >= 15 is 0 Å². The number of aliphatic hydroxyl groups excluding tert-OH is 3. The third kappa shape index (κ3) is 11.8. The smallest absolute Gasteiger partial charge is 0.410 e. The minimum Gasteiger partial charge on any atom is -0.463 e. The van der Waals surface area contributed by atoms with Crippen LogP contribution in [0.4, 0.5) is 22.4 Å². The summed E-state index contributed by atoms with van der Waals surface area (Å²) in [6, 6.07) is 3.00. The number of alkyl halides is 3. The van der Waals surface area contributed by atoms with E-state index in [2.05, 4.69) is 15.3 Å². The second kappa shape index (κ2) is 18.8. The fraction of sp³-hybridized carbons (Fsp3) is 0.600. The van der Waals surface area contributed by atoms with E-state index in [1.54, 1.807) is 44.2 Å². The van der Waals surface area contributed by atoms with E-state index in [9.17, 15) is 32.3 Å². The zero-order valence-electron chi connectivity index (χ0n) is 29.9. The number of hydrogen-bond acceptors (Lipinski definition) is 12. The molecule has 1 amide bonds. The van der Waals surface area contributed by atoms with Gasteiger partial charge in [0.2, 0.25) is 0 Å². The molecule has 0 bridgehead atoms. The number of nitrogens with one attached hydrogen (secondary N) is 1. The molecule has 2 saturated heterocycles. The number of aromatic nitrogens is 1. The first-order valence-corrected chi connectivity index (χ1v) is 18.5. The van der Waals surface area contributed by atoms with Gasteiger partial charge in [0.05, 0.1) is 37.5 Å². The van der Waals surface area contributed by atoms with Crippen LogP contribution in [-0.2, 0) is 14.3 Å². The van der Waals surface area contributed by atoms with Gasteiger partial charge < -0.3 is 35.0 Å². The molecular weight excluding hydrogens is 746 g/mol. The monoisotopic (exact) mass is 791 g/mol. The van der Waals surface area contributed by atoms with Crippen molar-refractivity contribution in [2.24, 2.45) is 4.99 Å². The molecule has 4 heterocycles. The molecule has 1 aromatic carbocycles. The molecule has 1 saturated carbocycles. The fourth-order valence-electron chi connectivity index (χ4n) is 5.86. The average Bonchev–Trinajstić information content (AvgIpc) is 3.88. The van der Waals surface area contributed by atoms with Crippen molar-refractivity contribution in [1.82, 2.24) is 20.1 Å². The van der Waals surface area contributed by atoms with Crippen molar-refractivity contribution < 1.29 is 51.9 Å². The van der Waals surface area contributed by atoms with Crippen LogP contribution < -0.4 is 5.32 Å². The van der Waals surface area contributed by atoms with E-state index in [4.69, 9.17) is 31.3 Å². The molecule has 4 N–H and O–H groups in total. The molecule has 2 aromatic rings. The number of amides is 1. The highest BCUT2D eigenvalue weighted by molar-refractivity contribution is 7.11. The summed E-state index contributed by atoms with van der Waals surface area (Å²) in [5, 5.41) is 33.2. The van der Waals surface area contributed by atoms with Crippen molar-refractivity contribution in [1.29, 1.82) is 0 Å². The van der Waals surface area contributed by atoms with Gasteiger partial charge in [-0.15, -0.1) is 11.3 Å². The Labute approximate surface area is 314 Å². The number of hydrogen-bond donors (Lipinski definition) is 4. The largest absolute Gasteiger partial charge is 0.463 e. The number of amidine groups is 1. The van der Waals surface area contributed by atoms with Crippen LogP contribution in [0.1, 0.15) is 63.6 Å². The molecule has 0 unspecified atom stereocenters. The minimum absolute atomic E-state index is 0.0100. The number of esters is 1. The SMILES string of the molecule is CC(C)(C)OC(=O)N1C[C@@H](O)[C@H](F)C1.CCOC(=O)C1=C(CN2C[C@@H](O)[C@H](F)C2)NC(c2nccs2)=N[C@H]1c1ccc(F)cc1Cl.O[C@@H]1CCC[C@H]1F. The number of halogens is 5. The van der Waals surface area contributed by atoms with Gasteiger partial charge in [-0.1, -0.05) is 17.7 Å². The Morgan fingerprint density at radius 3 is 2.21 bits per heavy atom. The number of aliphatic imine (C=N–C) groups is 1. The van der Waals surface area contributed by atoms with Crippen molar-refractivity contribution in [2.45, 2.75) is 95.4 Å². The van der Waals surface area contributed by atoms with Crippen molar-refractivity contribution in [3.05, 3.63) is 62.5 Å². The molecule has 0 spiro atoms. The Balaban J connectivity index is 0.000000244. The number of rotatable bonds is 6. The third-order valence-electron chi connectivity index (χ3n) is 8.46. The minimum atomic E-state index is -1.38. The van der Waals surface area contributed by atoms with Gasteiger partial charge in [0, 0.05) is 47.5 Å². The van der Waals surface area contributed by atoms with Gasteiger partial charge in [0.1, 0.15) is 42.1 Å². The highest BCUT2D eigenvalue weighted by atomic mass is 35.5. The van der Waals surface area contributed by atoms with E-state index in [0.717, 1.165) is 12.5 Å². The van der Waals surface area contributed by atoms with Gasteiger partial charge in [0.15, 0.2) is 10.8 Å². The van der Waals surface area contributed by atoms with Gasteiger partial charge in [-0.2, -0.15) is 0 Å². The predicted octanol–water partition coefficient (Wildman–Crippen LogP) is 4.66. The van der Waals surface area contributed by atoms with Gasteiger partial charge in [0.25, 0.3) is 0 Å². The number of benzene rings is 1. The van der Waals surface area contributed by atoms with E-state index in [1.165, 1.54) is 28.4 Å². The molecule has 1 aromatic heterocycles. The van der Waals surface area contributed by atoms with Crippen LogP contribution in [0.25, 0.3) is 0 Å². The van der Waals surface area contributed by atoms with Crippen LogP contribution in [0.15, 0.2) is 46.0 Å². The molecule has 6 rings (SSSR count). The van der Waals surface area contributed by atoms with Crippen LogP contribution in [0, 0.1) is 5.82 Å². The Kier molecular flexibility index (Phi) is 15.0. The maximum atomic E-state index is 13.9. The summed E-state index contributed by atoms with van der Waals surface area (Å²) in [5.41, 5.74) is 0.470. The van der Waals surface area contributed by atoms with E-state index in [1.807, 2.05) is 0 Å². The first-order valence-electron chi connectivity index (χ1n) is 17.2. The first kappa shape index (κ1) is 42.4. The summed E-state index contributed by atoms with van der Waals surface area (Å²) in [7, 11) is 0. The molecule has 3 fully saturated rings. The summed E-state index contributed by atoms with van der Waals surface area (Å²) in [6.07, 6.45) is -3.38. The van der Waals surface area contributed by atoms with Crippen molar-refractivity contribution in [3.63, 3.8) is 0 Å². The summed E-state index contributed by atoms with van der Waals surface area (Å²) in [6.45, 7) is 7.25. The first-order chi connectivity index (χ1) is 25.0. The number of ether oxygens (including phenoxy) is 2. The van der Waals surface area contributed by atoms with Gasteiger partial charge in [-0.05, 0) is 59.1 Å². The number of nitrogens with zero attached hydrogens (tertiary/aromatic N) is 4. The molecule has 3 aliphatic heterocycles. The fourth-order valence-corrected chi connectivity index (χ4v) is 6.72. The number of aliphatic hydroxyl groups is 3. The van der Waals surface area contributed by atoms with Crippen LogP contribution >= 0.6 is 22.9 Å². The second-order valence-electron chi connectivity index (χ2n) is 13.9. The quantitative estimate of drug-likeness (QED) is 0.240. The topological polar surface area (TPSA) is 157 Å². The number of likely N-dealkylation sites (tertiary alicyclic amines) is 2. The summed E-state index contributed by atoms with van der Waals surface area (Å²) < 4.78 is 62.9. The van der Waals surface area contributed by atoms with E-state index in [-0.39, 0.29) is 49.9 Å². The van der Waals surface area contributed by atoms with Gasteiger partial charge in [-0.25, -0.2) is 32.1 Å². The lowest BCUT2D eigenvalue weighted by Gasteiger charge is -2.29. The normalized spacial score (nSPS) is 27.3. The van der Waals surface area contributed by atoms with Crippen molar-refractivity contribution >= 4 is 40.8 Å². The lowest BCUT2D eigenvalue weighted by molar-refractivity contribution is -0.139. The Morgan fingerprint density at radius 2 is 1.72 bits per heavy atom. The van der Waals surface area contributed by atoms with Crippen LogP contribution in [0.3, 0.4) is 0 Å². The molecular formula is C35H46ClF4N5O7S. The molecule has 0 radical (unpaired) electrons. The maximum Gasteiger partial charge on any atom is 0.410 e. The van der Waals surface area contributed by atoms with Crippen LogP contribution in [-0.4, -0.2) is 130 Å². The van der Waals surface area contributed by atoms with Crippen molar-refractivity contribution in [2.75, 3.05) is 39.3 Å². The number of thiazole rings is 1. The van der Waals surface area contributed by atoms with Gasteiger partial charge >= 0.3 is 12.1 Å². The molecule has 18 heteroatoms. The average molecular weight is 792 g/mol. The molecule has 294 valence electrons. The summed E-state index contributed by atoms with van der Waals surface area (Å²) in [4.78, 5) is 36.2. The molecule has 53 heavy (non-hydrogen) atoms. The van der Waals surface area contributed by atoms with Crippen LogP contribution in [0.2, 0.25) is 5.02 Å². The predicted molar refractivity (Wildman–Crippen MR) is 190 cm³/mol. The lowest BCUT2D eigenvalue weighted by Crippen LogP contribution is -2.39. The lowest BCUT2D eigenvalue weighted by atomic mass is 9.95. The number of β-amino-alcohol motifs (C(OH)–C–C–N with tert-alkyl or cyclic N) is 2. The Bertz CT molecular complexity index is 1590. The highest BCUT2D eigenvalue weighted by Crippen LogP contribution is 2.37. The Morgan fingerprint density at radius 1 is 1.02 bits per heavy atom. The highest BCUT2D eigenvalue weighted by Gasteiger charge is 2.38. The Hall–Kier alpha value is -3.35. The third-order valence-corrected chi connectivity index (χ3v) is 9.57. The van der Waals surface area contributed by atoms with Crippen LogP contribution in [0.5, 0.6) is 0 Å². The molecule has 1 aliphatic carbocycles. The second-order valence-corrected chi connectivity index (χ2v) is 15.2. The van der Waals surface area contributed by atoms with Crippen molar-refractivity contribution in [3.8, 4) is 0 Å². The molecule has 7 atom stereocenters. The van der Waals surface area contributed by atoms with E-state index < -0.39 is 66.3 Å².